The number of carbonyl (C=O) groups excluding carboxylic acids is 1. The van der Waals surface area contributed by atoms with Gasteiger partial charge in [-0.2, -0.15) is 0 Å². The van der Waals surface area contributed by atoms with Crippen molar-refractivity contribution in [2.24, 2.45) is 5.92 Å². The normalized spacial score (nSPS) is 24.9. The monoisotopic (exact) mass is 252 g/mol. The lowest BCUT2D eigenvalue weighted by Crippen LogP contribution is -2.30. The van der Waals surface area contributed by atoms with E-state index in [0.29, 0.717) is 5.92 Å². The van der Waals surface area contributed by atoms with Crippen molar-refractivity contribution < 1.29 is 9.53 Å². The molecule has 1 aliphatic rings. The van der Waals surface area contributed by atoms with Crippen molar-refractivity contribution in [2.75, 3.05) is 0 Å². The number of hydrogen-bond acceptors (Lipinski definition) is 2. The van der Waals surface area contributed by atoms with Crippen LogP contribution in [0, 0.1) is 5.92 Å². The van der Waals surface area contributed by atoms with E-state index in [0.717, 1.165) is 24.8 Å². The van der Waals surface area contributed by atoms with E-state index in [1.807, 2.05) is 6.92 Å². The topological polar surface area (TPSA) is 26.3 Å². The highest BCUT2D eigenvalue weighted by Gasteiger charge is 2.39. The van der Waals surface area contributed by atoms with Crippen LogP contribution >= 0.6 is 0 Å². The third kappa shape index (κ3) is 3.60. The summed E-state index contributed by atoms with van der Waals surface area (Å²) < 4.78 is 5.68. The molecule has 2 unspecified atom stereocenters. The van der Waals surface area contributed by atoms with Gasteiger partial charge in [0.15, 0.2) is 0 Å². The molecule has 104 valence electrons. The molecule has 0 spiro atoms. The summed E-state index contributed by atoms with van der Waals surface area (Å²) in [4.78, 5) is 11.8. The van der Waals surface area contributed by atoms with Gasteiger partial charge in [-0.25, -0.2) is 4.79 Å². The minimum atomic E-state index is -0.309. The van der Waals surface area contributed by atoms with Gasteiger partial charge in [0, 0.05) is 5.57 Å². The Balaban J connectivity index is 2.71. The molecule has 0 fully saturated rings. The lowest BCUT2D eigenvalue weighted by molar-refractivity contribution is -0.148. The van der Waals surface area contributed by atoms with Crippen LogP contribution in [0.4, 0.5) is 0 Å². The average molecular weight is 252 g/mol. The second kappa shape index (κ2) is 6.96. The molecule has 0 saturated heterocycles. The van der Waals surface area contributed by atoms with E-state index in [-0.39, 0.29) is 11.6 Å². The Morgan fingerprint density at radius 3 is 2.44 bits per heavy atom. The summed E-state index contributed by atoms with van der Waals surface area (Å²) in [6.07, 6.45) is 9.72. The summed E-state index contributed by atoms with van der Waals surface area (Å²) in [7, 11) is 0. The molecule has 1 aliphatic heterocycles. The Kier molecular flexibility index (Phi) is 5.90. The van der Waals surface area contributed by atoms with Crippen molar-refractivity contribution in [1.82, 2.24) is 0 Å². The molecule has 0 aromatic carbocycles. The fourth-order valence-corrected chi connectivity index (χ4v) is 2.75. The number of unbranched alkanes of at least 4 members (excludes halogenated alkanes) is 1. The van der Waals surface area contributed by atoms with Crippen LogP contribution in [0.5, 0.6) is 0 Å². The fourth-order valence-electron chi connectivity index (χ4n) is 2.75. The number of ether oxygens (including phenoxy) is 1. The van der Waals surface area contributed by atoms with Gasteiger partial charge in [0.1, 0.15) is 5.60 Å². The minimum absolute atomic E-state index is 0.0929. The maximum atomic E-state index is 11.8. The number of rotatable bonds is 8. The molecule has 0 bridgehead atoms. The third-order valence-electron chi connectivity index (χ3n) is 4.15. The van der Waals surface area contributed by atoms with Crippen molar-refractivity contribution in [3.8, 4) is 0 Å². The molecule has 0 amide bonds. The SMILES string of the molecule is CCCCC(CC)CC1(CC)C=C(CC)C(=O)O1. The van der Waals surface area contributed by atoms with Crippen molar-refractivity contribution in [2.45, 2.75) is 78.2 Å². The molecule has 0 aromatic rings. The van der Waals surface area contributed by atoms with Gasteiger partial charge >= 0.3 is 5.97 Å². The first kappa shape index (κ1) is 15.3. The van der Waals surface area contributed by atoms with Gasteiger partial charge in [0.05, 0.1) is 0 Å². The van der Waals surface area contributed by atoms with E-state index in [1.54, 1.807) is 0 Å². The van der Waals surface area contributed by atoms with Gasteiger partial charge in [0.2, 0.25) is 0 Å². The van der Waals surface area contributed by atoms with E-state index in [2.05, 4.69) is 26.8 Å². The first-order chi connectivity index (χ1) is 8.60. The van der Waals surface area contributed by atoms with Crippen molar-refractivity contribution in [1.29, 1.82) is 0 Å². The predicted molar refractivity (Wildman–Crippen MR) is 75.4 cm³/mol. The summed E-state index contributed by atoms with van der Waals surface area (Å²) in [6.45, 7) is 8.61. The lowest BCUT2D eigenvalue weighted by atomic mass is 9.84. The summed E-state index contributed by atoms with van der Waals surface area (Å²) in [5.41, 5.74) is 0.554. The molecule has 0 saturated carbocycles. The Hall–Kier alpha value is -0.790. The van der Waals surface area contributed by atoms with Gasteiger partial charge in [-0.1, -0.05) is 53.4 Å². The molecule has 2 heteroatoms. The van der Waals surface area contributed by atoms with E-state index in [1.165, 1.54) is 25.7 Å². The molecule has 1 rings (SSSR count). The second-order valence-corrected chi connectivity index (χ2v) is 5.45. The summed E-state index contributed by atoms with van der Waals surface area (Å²) >= 11 is 0. The number of cyclic esters (lactones) is 1. The van der Waals surface area contributed by atoms with E-state index in [4.69, 9.17) is 4.74 Å². The van der Waals surface area contributed by atoms with E-state index >= 15 is 0 Å². The first-order valence-electron chi connectivity index (χ1n) is 7.55. The Morgan fingerprint density at radius 2 is 2.00 bits per heavy atom. The van der Waals surface area contributed by atoms with Gasteiger partial charge in [0.25, 0.3) is 0 Å². The van der Waals surface area contributed by atoms with Crippen LogP contribution in [-0.2, 0) is 9.53 Å². The van der Waals surface area contributed by atoms with Crippen LogP contribution in [-0.4, -0.2) is 11.6 Å². The lowest BCUT2D eigenvalue weighted by Gasteiger charge is -2.29. The molecule has 1 heterocycles. The Labute approximate surface area is 112 Å². The van der Waals surface area contributed by atoms with E-state index in [9.17, 15) is 4.79 Å². The number of hydrogen-bond donors (Lipinski definition) is 0. The highest BCUT2D eigenvalue weighted by Crippen LogP contribution is 2.37. The van der Waals surface area contributed by atoms with Crippen LogP contribution in [0.2, 0.25) is 0 Å². The molecule has 2 nitrogen and oxygen atoms in total. The smallest absolute Gasteiger partial charge is 0.334 e. The molecule has 18 heavy (non-hydrogen) atoms. The molecule has 0 N–H and O–H groups in total. The van der Waals surface area contributed by atoms with Crippen LogP contribution in [0.3, 0.4) is 0 Å². The molecular formula is C16H28O2. The standard InChI is InChI=1S/C16H28O2/c1-5-9-10-13(6-2)11-16(8-4)12-14(7-3)15(17)18-16/h12-13H,5-11H2,1-4H3. The quantitative estimate of drug-likeness (QED) is 0.588. The third-order valence-corrected chi connectivity index (χ3v) is 4.15. The van der Waals surface area contributed by atoms with Gasteiger partial charge in [-0.3, -0.25) is 0 Å². The highest BCUT2D eigenvalue weighted by atomic mass is 16.6. The Bertz CT molecular complexity index is 306. The zero-order valence-electron chi connectivity index (χ0n) is 12.4. The maximum Gasteiger partial charge on any atom is 0.334 e. The van der Waals surface area contributed by atoms with Crippen molar-refractivity contribution >= 4 is 5.97 Å². The largest absolute Gasteiger partial charge is 0.451 e. The number of esters is 1. The molecule has 2 atom stereocenters. The summed E-state index contributed by atoms with van der Waals surface area (Å²) in [5.74, 6) is 0.579. The second-order valence-electron chi connectivity index (χ2n) is 5.45. The van der Waals surface area contributed by atoms with Gasteiger partial charge < -0.3 is 4.74 Å². The van der Waals surface area contributed by atoms with Crippen LogP contribution in [0.15, 0.2) is 11.6 Å². The number of carbonyl (C=O) groups is 1. The zero-order chi connectivity index (χ0) is 13.6. The molecule has 0 radical (unpaired) electrons. The predicted octanol–water partition coefficient (Wildman–Crippen LogP) is 4.63. The molecule has 0 aromatic heterocycles. The van der Waals surface area contributed by atoms with Crippen molar-refractivity contribution in [3.05, 3.63) is 11.6 Å². The van der Waals surface area contributed by atoms with Crippen molar-refractivity contribution in [3.63, 3.8) is 0 Å². The van der Waals surface area contributed by atoms with Crippen LogP contribution in [0.25, 0.3) is 0 Å². The van der Waals surface area contributed by atoms with Crippen LogP contribution in [0.1, 0.15) is 72.6 Å². The zero-order valence-corrected chi connectivity index (χ0v) is 12.4. The van der Waals surface area contributed by atoms with E-state index < -0.39 is 0 Å². The fraction of sp³-hybridized carbons (Fsp3) is 0.812. The highest BCUT2D eigenvalue weighted by molar-refractivity contribution is 5.91. The Morgan fingerprint density at radius 1 is 1.28 bits per heavy atom. The minimum Gasteiger partial charge on any atom is -0.451 e. The summed E-state index contributed by atoms with van der Waals surface area (Å²) in [5, 5.41) is 0. The average Bonchev–Trinajstić information content (AvgIpc) is 2.71. The maximum absolute atomic E-state index is 11.8. The molecular weight excluding hydrogens is 224 g/mol. The molecule has 0 aliphatic carbocycles. The van der Waals surface area contributed by atoms with Crippen LogP contribution < -0.4 is 0 Å². The van der Waals surface area contributed by atoms with Gasteiger partial charge in [-0.05, 0) is 31.3 Å². The summed E-state index contributed by atoms with van der Waals surface area (Å²) in [6, 6.07) is 0. The first-order valence-corrected chi connectivity index (χ1v) is 7.55. The van der Waals surface area contributed by atoms with Gasteiger partial charge in [-0.15, -0.1) is 0 Å².